The Kier molecular flexibility index (Phi) is 7.26. The lowest BCUT2D eigenvalue weighted by Gasteiger charge is -2.35. The van der Waals surface area contributed by atoms with Gasteiger partial charge in [-0.2, -0.15) is 9.97 Å². The zero-order valence-corrected chi connectivity index (χ0v) is 20.7. The lowest BCUT2D eigenvalue weighted by atomic mass is 9.97. The van der Waals surface area contributed by atoms with Crippen LogP contribution in [0.15, 0.2) is 30.3 Å². The number of anilines is 2. The molecule has 0 saturated carbocycles. The average Bonchev–Trinajstić information content (AvgIpc) is 2.92. The number of rotatable bonds is 6. The van der Waals surface area contributed by atoms with E-state index in [1.807, 2.05) is 30.3 Å². The maximum Gasteiger partial charge on any atom is 0.233 e. The van der Waals surface area contributed by atoms with E-state index in [9.17, 15) is 9.90 Å². The molecule has 4 heterocycles. The third kappa shape index (κ3) is 4.97. The van der Waals surface area contributed by atoms with Crippen molar-refractivity contribution in [3.8, 4) is 17.0 Å². The molecule has 0 aliphatic carbocycles. The molecule has 36 heavy (non-hydrogen) atoms. The molecule has 5 rings (SSSR count). The van der Waals surface area contributed by atoms with Crippen molar-refractivity contribution in [2.24, 2.45) is 5.92 Å². The van der Waals surface area contributed by atoms with Crippen molar-refractivity contribution in [1.82, 2.24) is 20.3 Å². The van der Waals surface area contributed by atoms with E-state index in [4.69, 9.17) is 19.4 Å². The van der Waals surface area contributed by atoms with E-state index < -0.39 is 0 Å². The molecule has 2 aromatic heterocycles. The van der Waals surface area contributed by atoms with Crippen molar-refractivity contribution >= 4 is 28.7 Å². The highest BCUT2D eigenvalue weighted by atomic mass is 16.5. The minimum atomic E-state index is -0.140. The number of ether oxygens (including phenoxy) is 2. The van der Waals surface area contributed by atoms with Crippen LogP contribution in [0.1, 0.15) is 25.3 Å². The second-order valence-corrected chi connectivity index (χ2v) is 9.25. The Labute approximate surface area is 210 Å². The van der Waals surface area contributed by atoms with Crippen LogP contribution < -0.4 is 20.3 Å². The van der Waals surface area contributed by atoms with Crippen molar-refractivity contribution in [2.45, 2.75) is 32.4 Å². The van der Waals surface area contributed by atoms with Gasteiger partial charge in [0.1, 0.15) is 11.6 Å². The van der Waals surface area contributed by atoms with Crippen molar-refractivity contribution in [2.75, 3.05) is 50.2 Å². The number of amides is 1. The molecule has 10 nitrogen and oxygen atoms in total. The van der Waals surface area contributed by atoms with Gasteiger partial charge < -0.3 is 24.8 Å². The van der Waals surface area contributed by atoms with Crippen LogP contribution in [0.2, 0.25) is 0 Å². The molecule has 3 N–H and O–H groups in total. The maximum absolute atomic E-state index is 13.0. The highest BCUT2D eigenvalue weighted by Gasteiger charge is 2.26. The van der Waals surface area contributed by atoms with E-state index >= 15 is 0 Å². The number of aliphatic hydroxyl groups is 1. The van der Waals surface area contributed by atoms with Crippen LogP contribution in [-0.4, -0.2) is 72.0 Å². The Morgan fingerprint density at radius 2 is 2.06 bits per heavy atom. The molecular weight excluding hydrogens is 460 g/mol. The van der Waals surface area contributed by atoms with Crippen LogP contribution in [0, 0.1) is 5.92 Å². The second kappa shape index (κ2) is 10.7. The Bertz CT molecular complexity index is 1250. The predicted octanol–water partition coefficient (Wildman–Crippen LogP) is 2.36. The third-order valence-electron chi connectivity index (χ3n) is 6.87. The molecule has 0 unspecified atom stereocenters. The van der Waals surface area contributed by atoms with Gasteiger partial charge in [-0.25, -0.2) is 4.98 Å². The Morgan fingerprint density at radius 1 is 1.22 bits per heavy atom. The normalized spacial score (nSPS) is 18.9. The number of methoxy groups -OCH3 is 1. The number of pyridine rings is 1. The minimum absolute atomic E-state index is 0.0595. The highest BCUT2D eigenvalue weighted by molar-refractivity contribution is 5.94. The first-order chi connectivity index (χ1) is 17.6. The molecule has 10 heteroatoms. The maximum atomic E-state index is 13.0. The summed E-state index contributed by atoms with van der Waals surface area (Å²) in [7, 11) is 1.58. The molecule has 2 fully saturated rings. The molecule has 1 atom stereocenters. The van der Waals surface area contributed by atoms with Crippen molar-refractivity contribution in [1.29, 1.82) is 0 Å². The quantitative estimate of drug-likeness (QED) is 0.476. The van der Waals surface area contributed by atoms with Gasteiger partial charge in [-0.05, 0) is 63.2 Å². The molecule has 0 bridgehead atoms. The number of morpholine rings is 1. The summed E-state index contributed by atoms with van der Waals surface area (Å²) in [5.41, 5.74) is 2.72. The number of hydrogen-bond donors (Lipinski definition) is 3. The van der Waals surface area contributed by atoms with Gasteiger partial charge in [0.05, 0.1) is 44.1 Å². The molecule has 190 valence electrons. The summed E-state index contributed by atoms with van der Waals surface area (Å²) >= 11 is 0. The first-order valence-electron chi connectivity index (χ1n) is 12.4. The molecule has 0 radical (unpaired) electrons. The van der Waals surface area contributed by atoms with Gasteiger partial charge in [0.25, 0.3) is 0 Å². The number of hydrogen-bond acceptors (Lipinski definition) is 9. The summed E-state index contributed by atoms with van der Waals surface area (Å²) in [6, 6.07) is 9.60. The van der Waals surface area contributed by atoms with E-state index in [1.165, 1.54) is 0 Å². The van der Waals surface area contributed by atoms with Crippen molar-refractivity contribution in [3.63, 3.8) is 0 Å². The summed E-state index contributed by atoms with van der Waals surface area (Å²) in [4.78, 5) is 29.4. The summed E-state index contributed by atoms with van der Waals surface area (Å²) in [6.45, 7) is 5.51. The number of nitrogens with one attached hydrogen (secondary N) is 2. The number of carbonyl (C=O) groups excluding carboxylic acids is 1. The lowest BCUT2D eigenvalue weighted by molar-refractivity contribution is -0.120. The zero-order chi connectivity index (χ0) is 25.1. The minimum Gasteiger partial charge on any atom is -0.496 e. The fourth-order valence-corrected chi connectivity index (χ4v) is 4.83. The zero-order valence-electron chi connectivity index (χ0n) is 20.7. The largest absolute Gasteiger partial charge is 0.496 e. The number of benzene rings is 1. The number of carbonyl (C=O) groups is 1. The molecule has 2 aliphatic heterocycles. The van der Waals surface area contributed by atoms with Gasteiger partial charge in [-0.15, -0.1) is 0 Å². The summed E-state index contributed by atoms with van der Waals surface area (Å²) in [5.74, 6) is 1.50. The molecule has 1 aromatic carbocycles. The number of aromatic nitrogens is 3. The van der Waals surface area contributed by atoms with Crippen LogP contribution in [0.25, 0.3) is 22.3 Å². The molecule has 3 aromatic rings. The first kappa shape index (κ1) is 24.4. The molecule has 1 amide bonds. The highest BCUT2D eigenvalue weighted by Crippen LogP contribution is 2.31. The lowest BCUT2D eigenvalue weighted by Crippen LogP contribution is -2.44. The smallest absolute Gasteiger partial charge is 0.233 e. The summed E-state index contributed by atoms with van der Waals surface area (Å²) < 4.78 is 11.0. The van der Waals surface area contributed by atoms with Gasteiger partial charge >= 0.3 is 0 Å². The van der Waals surface area contributed by atoms with E-state index in [0.29, 0.717) is 42.4 Å². The average molecular weight is 493 g/mol. The Balaban J connectivity index is 1.56. The number of aliphatic hydroxyl groups excluding tert-OH is 1. The molecular formula is C26H32N6O4. The van der Waals surface area contributed by atoms with Crippen LogP contribution >= 0.6 is 0 Å². The first-order valence-corrected chi connectivity index (χ1v) is 12.4. The summed E-state index contributed by atoms with van der Waals surface area (Å²) in [5, 5.41) is 16.8. The number of nitrogens with zero attached hydrogens (tertiary/aromatic N) is 4. The Morgan fingerprint density at radius 3 is 2.81 bits per heavy atom. The molecule has 2 aliphatic rings. The number of fused-ring (bicyclic) bond motifs is 1. The van der Waals surface area contributed by atoms with Crippen LogP contribution in [-0.2, 0) is 16.1 Å². The Hall–Kier alpha value is -3.34. The van der Waals surface area contributed by atoms with Gasteiger partial charge in [-0.1, -0.05) is 0 Å². The van der Waals surface area contributed by atoms with Crippen LogP contribution in [0.4, 0.5) is 11.8 Å². The van der Waals surface area contributed by atoms with E-state index in [1.54, 1.807) is 7.11 Å². The summed E-state index contributed by atoms with van der Waals surface area (Å²) in [6.07, 6.45) is 1.58. The van der Waals surface area contributed by atoms with Crippen molar-refractivity contribution < 1.29 is 19.4 Å². The van der Waals surface area contributed by atoms with Gasteiger partial charge in [0, 0.05) is 23.6 Å². The molecule has 2 saturated heterocycles. The third-order valence-corrected chi connectivity index (χ3v) is 6.87. The van der Waals surface area contributed by atoms with Crippen molar-refractivity contribution in [3.05, 3.63) is 35.9 Å². The number of piperidine rings is 1. The van der Waals surface area contributed by atoms with Crippen LogP contribution in [0.5, 0.6) is 5.75 Å². The van der Waals surface area contributed by atoms with Gasteiger partial charge in [0.15, 0.2) is 5.65 Å². The predicted molar refractivity (Wildman–Crippen MR) is 137 cm³/mol. The fourth-order valence-electron chi connectivity index (χ4n) is 4.83. The standard InChI is InChI=1S/C26H32N6O4/c1-16-15-36-12-11-32(16)24-20-4-5-21(18-3-6-22(35-2)19(13-18)14-33)28-23(20)29-26(30-24)31-25(34)17-7-9-27-10-8-17/h3-6,13,16-17,27,33H,7-12,14-15H2,1-2H3,(H,28,29,30,31,34)/t16-/m0/s1. The topological polar surface area (TPSA) is 122 Å². The van der Waals surface area contributed by atoms with E-state index in [-0.39, 0.29) is 30.4 Å². The van der Waals surface area contributed by atoms with Crippen LogP contribution in [0.3, 0.4) is 0 Å². The monoisotopic (exact) mass is 492 g/mol. The fraction of sp³-hybridized carbons (Fsp3) is 0.462. The van der Waals surface area contributed by atoms with Gasteiger partial charge in [0.2, 0.25) is 11.9 Å². The van der Waals surface area contributed by atoms with E-state index in [0.717, 1.165) is 42.7 Å². The van der Waals surface area contributed by atoms with Gasteiger partial charge in [-0.3, -0.25) is 10.1 Å². The molecule has 0 spiro atoms. The van der Waals surface area contributed by atoms with E-state index in [2.05, 4.69) is 27.4 Å². The second-order valence-electron chi connectivity index (χ2n) is 9.25. The SMILES string of the molecule is COc1ccc(-c2ccc3c(N4CCOC[C@@H]4C)nc(NC(=O)C4CCNCC4)nc3n2)cc1CO.